The molecule has 27 heavy (non-hydrogen) atoms. The minimum Gasteiger partial charge on any atom is -0.496 e. The highest BCUT2D eigenvalue weighted by molar-refractivity contribution is 5.79. The van der Waals surface area contributed by atoms with Crippen molar-refractivity contribution in [1.29, 1.82) is 0 Å². The Hall–Kier alpha value is -3.18. The summed E-state index contributed by atoms with van der Waals surface area (Å²) in [6.07, 6.45) is 1.23. The first kappa shape index (κ1) is 17.2. The Kier molecular flexibility index (Phi) is 4.38. The minimum atomic E-state index is -0.534. The molecule has 5 heteroatoms. The summed E-state index contributed by atoms with van der Waals surface area (Å²) >= 11 is 0. The molecule has 1 heterocycles. The second-order valence-electron chi connectivity index (χ2n) is 6.43. The molecular formula is C22H19FN2O2. The van der Waals surface area contributed by atoms with E-state index in [9.17, 15) is 9.50 Å². The second-order valence-corrected chi connectivity index (χ2v) is 6.43. The first-order valence-electron chi connectivity index (χ1n) is 8.66. The molecule has 4 aromatic rings. The molecular weight excluding hydrogens is 343 g/mol. The zero-order valence-corrected chi connectivity index (χ0v) is 15.1. The number of ether oxygens (including phenoxy) is 1. The fraction of sp³-hybridized carbons (Fsp3) is 0.136. The highest BCUT2D eigenvalue weighted by Crippen LogP contribution is 2.32. The fourth-order valence-electron chi connectivity index (χ4n) is 3.22. The van der Waals surface area contributed by atoms with Crippen LogP contribution in [0.3, 0.4) is 0 Å². The predicted molar refractivity (Wildman–Crippen MR) is 104 cm³/mol. The number of aliphatic hydroxyl groups is 1. The van der Waals surface area contributed by atoms with Crippen molar-refractivity contribution >= 4 is 11.0 Å². The summed E-state index contributed by atoms with van der Waals surface area (Å²) in [6, 6.07) is 18.2. The van der Waals surface area contributed by atoms with Gasteiger partial charge in [-0.05, 0) is 54.4 Å². The molecule has 0 bridgehead atoms. The number of nitrogens with zero attached hydrogens (tertiary/aromatic N) is 2. The summed E-state index contributed by atoms with van der Waals surface area (Å²) in [5.41, 5.74) is 5.28. The predicted octanol–water partition coefficient (Wildman–Crippen LogP) is 4.89. The van der Waals surface area contributed by atoms with Crippen molar-refractivity contribution in [2.24, 2.45) is 0 Å². The van der Waals surface area contributed by atoms with Gasteiger partial charge in [-0.3, -0.25) is 4.57 Å². The number of rotatable bonds is 4. The van der Waals surface area contributed by atoms with Crippen LogP contribution in [-0.4, -0.2) is 21.8 Å². The van der Waals surface area contributed by atoms with Crippen LogP contribution in [0, 0.1) is 5.82 Å². The maximum absolute atomic E-state index is 13.5. The van der Waals surface area contributed by atoms with E-state index in [0.717, 1.165) is 33.4 Å². The lowest BCUT2D eigenvalue weighted by atomic mass is 10.0. The number of benzene rings is 3. The number of aromatic nitrogens is 2. The number of hydrogen-bond acceptors (Lipinski definition) is 3. The average molecular weight is 362 g/mol. The van der Waals surface area contributed by atoms with E-state index < -0.39 is 6.10 Å². The fourth-order valence-corrected chi connectivity index (χ4v) is 3.22. The van der Waals surface area contributed by atoms with E-state index in [1.807, 2.05) is 47.0 Å². The van der Waals surface area contributed by atoms with Gasteiger partial charge in [0.1, 0.15) is 17.9 Å². The SMILES string of the molecule is COc1cc(F)ccc1-c1cccc(-n2cnc3cc([C@@H](C)O)ccc32)c1. The van der Waals surface area contributed by atoms with Crippen LogP contribution in [0.15, 0.2) is 67.0 Å². The van der Waals surface area contributed by atoms with Gasteiger partial charge in [0.15, 0.2) is 0 Å². The largest absolute Gasteiger partial charge is 0.496 e. The third-order valence-electron chi connectivity index (χ3n) is 4.65. The highest BCUT2D eigenvalue weighted by Gasteiger charge is 2.11. The van der Waals surface area contributed by atoms with Gasteiger partial charge < -0.3 is 9.84 Å². The molecule has 0 aliphatic carbocycles. The van der Waals surface area contributed by atoms with Crippen molar-refractivity contribution in [2.75, 3.05) is 7.11 Å². The van der Waals surface area contributed by atoms with E-state index in [4.69, 9.17) is 4.74 Å². The van der Waals surface area contributed by atoms with Gasteiger partial charge in [-0.2, -0.15) is 0 Å². The molecule has 1 N–H and O–H groups in total. The van der Waals surface area contributed by atoms with Crippen LogP contribution in [-0.2, 0) is 0 Å². The molecule has 3 aromatic carbocycles. The minimum absolute atomic E-state index is 0.332. The van der Waals surface area contributed by atoms with Gasteiger partial charge in [0, 0.05) is 17.3 Å². The van der Waals surface area contributed by atoms with Crippen molar-refractivity contribution in [1.82, 2.24) is 9.55 Å². The van der Waals surface area contributed by atoms with Crippen LogP contribution in [0.2, 0.25) is 0 Å². The quantitative estimate of drug-likeness (QED) is 0.562. The summed E-state index contributed by atoms with van der Waals surface area (Å²) in [5.74, 6) is 0.158. The number of aliphatic hydroxyl groups excluding tert-OH is 1. The van der Waals surface area contributed by atoms with E-state index in [1.54, 1.807) is 19.3 Å². The van der Waals surface area contributed by atoms with Crippen molar-refractivity contribution in [3.05, 3.63) is 78.4 Å². The Bertz CT molecular complexity index is 1120. The monoisotopic (exact) mass is 362 g/mol. The Morgan fingerprint density at radius 3 is 2.70 bits per heavy atom. The molecule has 0 fully saturated rings. The third kappa shape index (κ3) is 3.17. The van der Waals surface area contributed by atoms with Gasteiger partial charge in [-0.25, -0.2) is 9.37 Å². The number of imidazole rings is 1. The van der Waals surface area contributed by atoms with Gasteiger partial charge >= 0.3 is 0 Å². The van der Waals surface area contributed by atoms with Crippen LogP contribution >= 0.6 is 0 Å². The molecule has 1 aromatic heterocycles. The van der Waals surface area contributed by atoms with E-state index in [-0.39, 0.29) is 5.82 Å². The van der Waals surface area contributed by atoms with Gasteiger partial charge in [0.2, 0.25) is 0 Å². The zero-order valence-electron chi connectivity index (χ0n) is 15.1. The molecule has 0 radical (unpaired) electrons. The molecule has 0 aliphatic heterocycles. The summed E-state index contributed by atoms with van der Waals surface area (Å²) in [5, 5.41) is 9.77. The normalized spacial score (nSPS) is 12.3. The molecule has 4 rings (SSSR count). The molecule has 0 amide bonds. The lowest BCUT2D eigenvalue weighted by Crippen LogP contribution is -1.95. The summed E-state index contributed by atoms with van der Waals surface area (Å²) in [6.45, 7) is 1.73. The molecule has 0 saturated carbocycles. The highest BCUT2D eigenvalue weighted by atomic mass is 19.1. The zero-order chi connectivity index (χ0) is 19.0. The van der Waals surface area contributed by atoms with Gasteiger partial charge in [0.05, 0.1) is 24.2 Å². The van der Waals surface area contributed by atoms with E-state index >= 15 is 0 Å². The Balaban J connectivity index is 1.81. The Labute approximate surface area is 156 Å². The number of halogens is 1. The summed E-state index contributed by atoms with van der Waals surface area (Å²) in [7, 11) is 1.53. The van der Waals surface area contributed by atoms with Gasteiger partial charge in [0.25, 0.3) is 0 Å². The molecule has 0 spiro atoms. The molecule has 0 unspecified atom stereocenters. The smallest absolute Gasteiger partial charge is 0.129 e. The van der Waals surface area contributed by atoms with Crippen molar-refractivity contribution < 1.29 is 14.2 Å². The van der Waals surface area contributed by atoms with Crippen molar-refractivity contribution in [3.63, 3.8) is 0 Å². The number of methoxy groups -OCH3 is 1. The van der Waals surface area contributed by atoms with Gasteiger partial charge in [-0.1, -0.05) is 18.2 Å². The third-order valence-corrected chi connectivity index (χ3v) is 4.65. The first-order valence-corrected chi connectivity index (χ1v) is 8.66. The van der Waals surface area contributed by atoms with Crippen LogP contribution in [0.4, 0.5) is 4.39 Å². The standard InChI is InChI=1S/C22H19FN2O2/c1-14(26)15-6-9-21-20(11-15)24-13-25(21)18-5-3-4-16(10-18)19-8-7-17(23)12-22(19)27-2/h3-14,26H,1-2H3/t14-/m1/s1. The molecule has 0 aliphatic rings. The molecule has 1 atom stereocenters. The lowest BCUT2D eigenvalue weighted by Gasteiger charge is -2.11. The van der Waals surface area contributed by atoms with Crippen LogP contribution < -0.4 is 4.74 Å². The van der Waals surface area contributed by atoms with Crippen LogP contribution in [0.25, 0.3) is 27.8 Å². The van der Waals surface area contributed by atoms with Gasteiger partial charge in [-0.15, -0.1) is 0 Å². The molecule has 136 valence electrons. The molecule has 4 nitrogen and oxygen atoms in total. The van der Waals surface area contributed by atoms with E-state index in [2.05, 4.69) is 4.98 Å². The summed E-state index contributed by atoms with van der Waals surface area (Å²) in [4.78, 5) is 4.46. The molecule has 0 saturated heterocycles. The summed E-state index contributed by atoms with van der Waals surface area (Å²) < 4.78 is 20.8. The topological polar surface area (TPSA) is 47.3 Å². The van der Waals surface area contributed by atoms with E-state index in [0.29, 0.717) is 5.75 Å². The lowest BCUT2D eigenvalue weighted by molar-refractivity contribution is 0.199. The average Bonchev–Trinajstić information content (AvgIpc) is 3.11. The Morgan fingerprint density at radius 1 is 1.07 bits per heavy atom. The van der Waals surface area contributed by atoms with Crippen molar-refractivity contribution in [3.8, 4) is 22.6 Å². The van der Waals surface area contributed by atoms with Crippen LogP contribution in [0.5, 0.6) is 5.75 Å². The number of fused-ring (bicyclic) bond motifs is 1. The maximum Gasteiger partial charge on any atom is 0.129 e. The maximum atomic E-state index is 13.5. The van der Waals surface area contributed by atoms with Crippen molar-refractivity contribution in [2.45, 2.75) is 13.0 Å². The number of hydrogen-bond donors (Lipinski definition) is 1. The Morgan fingerprint density at radius 2 is 1.93 bits per heavy atom. The first-order chi connectivity index (χ1) is 13.1. The second kappa shape index (κ2) is 6.85. The van der Waals surface area contributed by atoms with Crippen LogP contribution in [0.1, 0.15) is 18.6 Å². The van der Waals surface area contributed by atoms with E-state index in [1.165, 1.54) is 19.2 Å².